The Hall–Kier alpha value is -1.30. The second kappa shape index (κ2) is 7.07. The highest BCUT2D eigenvalue weighted by atomic mass is 35.5. The van der Waals surface area contributed by atoms with E-state index in [4.69, 9.17) is 27.9 Å². The molecule has 0 bridgehead atoms. The van der Waals surface area contributed by atoms with E-state index in [1.54, 1.807) is 28.0 Å². The van der Waals surface area contributed by atoms with Gasteiger partial charge in [0.2, 0.25) is 0 Å². The molecule has 0 radical (unpaired) electrons. The molecule has 0 aromatic heterocycles. The van der Waals surface area contributed by atoms with E-state index in [-0.39, 0.29) is 17.9 Å². The number of piperazine rings is 1. The summed E-state index contributed by atoms with van der Waals surface area (Å²) in [6.07, 6.45) is 1.42. The summed E-state index contributed by atoms with van der Waals surface area (Å²) in [4.78, 5) is 28.3. The van der Waals surface area contributed by atoms with Crippen molar-refractivity contribution in [3.63, 3.8) is 0 Å². The third kappa shape index (κ3) is 3.62. The molecule has 2 amide bonds. The van der Waals surface area contributed by atoms with Gasteiger partial charge in [-0.3, -0.25) is 9.59 Å². The molecule has 2 saturated heterocycles. The molecule has 7 heteroatoms. The minimum Gasteiger partial charge on any atom is -0.368 e. The smallest absolute Gasteiger partial charge is 0.255 e. The summed E-state index contributed by atoms with van der Waals surface area (Å²) < 4.78 is 5.44. The first-order chi connectivity index (χ1) is 11.1. The zero-order valence-electron chi connectivity index (χ0n) is 12.6. The molecule has 1 atom stereocenters. The fourth-order valence-electron chi connectivity index (χ4n) is 2.94. The second-order valence-corrected chi connectivity index (χ2v) is 6.59. The summed E-state index contributed by atoms with van der Waals surface area (Å²) in [7, 11) is 0. The standard InChI is InChI=1S/C16H18Cl2N2O3/c17-11-3-4-12(13(18)10-11)15(21)19-5-7-20(8-6-19)16(22)14-2-1-9-23-14/h3-4,10,14H,1-2,5-9H2/t14-/m1/s1. The maximum Gasteiger partial charge on any atom is 0.255 e. The molecule has 0 N–H and O–H groups in total. The molecule has 1 aromatic carbocycles. The number of ether oxygens (including phenoxy) is 1. The lowest BCUT2D eigenvalue weighted by Gasteiger charge is -2.35. The van der Waals surface area contributed by atoms with E-state index in [0.29, 0.717) is 48.4 Å². The van der Waals surface area contributed by atoms with Crippen LogP contribution in [0.4, 0.5) is 0 Å². The average molecular weight is 357 g/mol. The summed E-state index contributed by atoms with van der Waals surface area (Å²) in [5.41, 5.74) is 0.440. The van der Waals surface area contributed by atoms with Gasteiger partial charge in [0, 0.05) is 37.8 Å². The third-order valence-corrected chi connectivity index (χ3v) is 4.79. The Bertz CT molecular complexity index is 609. The Kier molecular flexibility index (Phi) is 5.09. The van der Waals surface area contributed by atoms with Gasteiger partial charge in [-0.15, -0.1) is 0 Å². The minimum atomic E-state index is -0.303. The second-order valence-electron chi connectivity index (χ2n) is 5.74. The van der Waals surface area contributed by atoms with Gasteiger partial charge in [0.25, 0.3) is 11.8 Å². The number of amides is 2. The number of benzene rings is 1. The van der Waals surface area contributed by atoms with Crippen molar-refractivity contribution >= 4 is 35.0 Å². The third-order valence-electron chi connectivity index (χ3n) is 4.25. The summed E-state index contributed by atoms with van der Waals surface area (Å²) in [5.74, 6) is -0.0880. The molecule has 0 aliphatic carbocycles. The number of halogens is 2. The van der Waals surface area contributed by atoms with Gasteiger partial charge in [-0.05, 0) is 31.0 Å². The largest absolute Gasteiger partial charge is 0.368 e. The first-order valence-electron chi connectivity index (χ1n) is 7.71. The molecule has 5 nitrogen and oxygen atoms in total. The molecule has 2 fully saturated rings. The van der Waals surface area contributed by atoms with Crippen LogP contribution in [0.25, 0.3) is 0 Å². The lowest BCUT2D eigenvalue weighted by Crippen LogP contribution is -2.52. The highest BCUT2D eigenvalue weighted by Gasteiger charge is 2.31. The van der Waals surface area contributed by atoms with Gasteiger partial charge in [-0.1, -0.05) is 23.2 Å². The van der Waals surface area contributed by atoms with Crippen LogP contribution >= 0.6 is 23.2 Å². The van der Waals surface area contributed by atoms with E-state index < -0.39 is 0 Å². The summed E-state index contributed by atoms with van der Waals surface area (Å²) in [6, 6.07) is 4.85. The molecular weight excluding hydrogens is 339 g/mol. The molecular formula is C16H18Cl2N2O3. The molecule has 1 aromatic rings. The molecule has 2 aliphatic rings. The van der Waals surface area contributed by atoms with Crippen LogP contribution in [-0.4, -0.2) is 60.5 Å². The van der Waals surface area contributed by atoms with E-state index in [1.807, 2.05) is 0 Å². The van der Waals surface area contributed by atoms with E-state index in [1.165, 1.54) is 0 Å². The fraction of sp³-hybridized carbons (Fsp3) is 0.500. The zero-order chi connectivity index (χ0) is 16.4. The predicted octanol–water partition coefficient (Wildman–Crippen LogP) is 2.46. The first kappa shape index (κ1) is 16.6. The molecule has 23 heavy (non-hydrogen) atoms. The average Bonchev–Trinajstić information content (AvgIpc) is 3.08. The van der Waals surface area contributed by atoms with Crippen LogP contribution in [0.15, 0.2) is 18.2 Å². The number of nitrogens with zero attached hydrogens (tertiary/aromatic N) is 2. The normalized spacial score (nSPS) is 21.6. The predicted molar refractivity (Wildman–Crippen MR) is 87.9 cm³/mol. The molecule has 2 aliphatic heterocycles. The summed E-state index contributed by atoms with van der Waals surface area (Å²) in [5, 5.41) is 0.846. The quantitative estimate of drug-likeness (QED) is 0.817. The molecule has 0 unspecified atom stereocenters. The van der Waals surface area contributed by atoms with E-state index in [2.05, 4.69) is 0 Å². The van der Waals surface area contributed by atoms with Gasteiger partial charge < -0.3 is 14.5 Å². The van der Waals surface area contributed by atoms with Crippen molar-refractivity contribution in [1.29, 1.82) is 0 Å². The van der Waals surface area contributed by atoms with Gasteiger partial charge in [0.05, 0.1) is 10.6 Å². The topological polar surface area (TPSA) is 49.9 Å². The first-order valence-corrected chi connectivity index (χ1v) is 8.46. The van der Waals surface area contributed by atoms with E-state index in [0.717, 1.165) is 12.8 Å². The van der Waals surface area contributed by atoms with Gasteiger partial charge in [-0.25, -0.2) is 0 Å². The van der Waals surface area contributed by atoms with E-state index in [9.17, 15) is 9.59 Å². The SMILES string of the molecule is O=C(c1ccc(Cl)cc1Cl)N1CCN(C(=O)[C@H]2CCCO2)CC1. The van der Waals surface area contributed by atoms with Gasteiger partial charge in [0.1, 0.15) is 6.10 Å². The maximum absolute atomic E-state index is 12.5. The van der Waals surface area contributed by atoms with Crippen LogP contribution in [0, 0.1) is 0 Å². The van der Waals surface area contributed by atoms with E-state index >= 15 is 0 Å². The van der Waals surface area contributed by atoms with Crippen LogP contribution < -0.4 is 0 Å². The monoisotopic (exact) mass is 356 g/mol. The van der Waals surface area contributed by atoms with Crippen LogP contribution in [0.2, 0.25) is 10.0 Å². The Balaban J connectivity index is 1.60. The molecule has 124 valence electrons. The number of carbonyl (C=O) groups is 2. The zero-order valence-corrected chi connectivity index (χ0v) is 14.1. The molecule has 0 spiro atoms. The Morgan fingerprint density at radius 3 is 2.39 bits per heavy atom. The molecule has 2 heterocycles. The van der Waals surface area contributed by atoms with Crippen molar-refractivity contribution in [1.82, 2.24) is 9.80 Å². The number of rotatable bonds is 2. The maximum atomic E-state index is 12.5. The molecule has 0 saturated carbocycles. The Morgan fingerprint density at radius 1 is 1.09 bits per heavy atom. The summed E-state index contributed by atoms with van der Waals surface area (Å²) in [6.45, 7) is 2.70. The highest BCUT2D eigenvalue weighted by molar-refractivity contribution is 6.36. The molecule has 3 rings (SSSR count). The number of hydrogen-bond acceptors (Lipinski definition) is 3. The highest BCUT2D eigenvalue weighted by Crippen LogP contribution is 2.23. The van der Waals surface area contributed by atoms with Crippen molar-refractivity contribution in [3.05, 3.63) is 33.8 Å². The van der Waals surface area contributed by atoms with Crippen LogP contribution in [-0.2, 0) is 9.53 Å². The van der Waals surface area contributed by atoms with Crippen LogP contribution in [0.5, 0.6) is 0 Å². The summed E-state index contributed by atoms with van der Waals surface area (Å²) >= 11 is 12.0. The van der Waals surface area contributed by atoms with Gasteiger partial charge >= 0.3 is 0 Å². The lowest BCUT2D eigenvalue weighted by atomic mass is 10.1. The van der Waals surface area contributed by atoms with Gasteiger partial charge in [-0.2, -0.15) is 0 Å². The van der Waals surface area contributed by atoms with Crippen molar-refractivity contribution in [2.45, 2.75) is 18.9 Å². The fourth-order valence-corrected chi connectivity index (χ4v) is 3.43. The van der Waals surface area contributed by atoms with Crippen molar-refractivity contribution in [3.8, 4) is 0 Å². The van der Waals surface area contributed by atoms with Gasteiger partial charge in [0.15, 0.2) is 0 Å². The Morgan fingerprint density at radius 2 is 1.78 bits per heavy atom. The number of hydrogen-bond donors (Lipinski definition) is 0. The lowest BCUT2D eigenvalue weighted by molar-refractivity contribution is -0.142. The van der Waals surface area contributed by atoms with Crippen molar-refractivity contribution in [2.24, 2.45) is 0 Å². The van der Waals surface area contributed by atoms with Crippen LogP contribution in [0.3, 0.4) is 0 Å². The van der Waals surface area contributed by atoms with Crippen molar-refractivity contribution < 1.29 is 14.3 Å². The van der Waals surface area contributed by atoms with Crippen molar-refractivity contribution in [2.75, 3.05) is 32.8 Å². The minimum absolute atomic E-state index is 0.0409. The number of carbonyl (C=O) groups excluding carboxylic acids is 2. The van der Waals surface area contributed by atoms with Crippen LogP contribution in [0.1, 0.15) is 23.2 Å². The Labute approximate surface area is 145 Å².